The second-order valence-corrected chi connectivity index (χ2v) is 6.73. The lowest BCUT2D eigenvalue weighted by Gasteiger charge is -2.05. The molecule has 140 valence electrons. The molecule has 0 bridgehead atoms. The molecule has 2 aromatic carbocycles. The standard InChI is InChI=1S/C20H20FN3O2S/c1-2-3-12-22-19(25)15-6-10-17(11-7-15)26-20-23-18(24-27-20)13-14-4-8-16(21)9-5-14/h4-11H,2-3,12-13H2,1H3,(H,22,25). The molecule has 27 heavy (non-hydrogen) atoms. The number of hydrogen-bond donors (Lipinski definition) is 1. The van der Waals surface area contributed by atoms with E-state index in [-0.39, 0.29) is 11.7 Å². The van der Waals surface area contributed by atoms with Crippen molar-refractivity contribution >= 4 is 17.4 Å². The molecule has 0 aliphatic carbocycles. The summed E-state index contributed by atoms with van der Waals surface area (Å²) in [6, 6.07) is 13.2. The molecule has 0 aliphatic heterocycles. The highest BCUT2D eigenvalue weighted by Gasteiger charge is 2.09. The molecule has 0 aliphatic rings. The minimum absolute atomic E-state index is 0.0903. The molecule has 0 saturated carbocycles. The van der Waals surface area contributed by atoms with Gasteiger partial charge in [0.2, 0.25) is 0 Å². The normalized spacial score (nSPS) is 10.6. The van der Waals surface area contributed by atoms with Crippen LogP contribution in [0.25, 0.3) is 0 Å². The number of hydrogen-bond acceptors (Lipinski definition) is 5. The van der Waals surface area contributed by atoms with E-state index in [1.54, 1.807) is 36.4 Å². The van der Waals surface area contributed by atoms with Crippen LogP contribution in [0.3, 0.4) is 0 Å². The van der Waals surface area contributed by atoms with Crippen molar-refractivity contribution in [3.05, 3.63) is 71.3 Å². The quantitative estimate of drug-likeness (QED) is 0.576. The van der Waals surface area contributed by atoms with Crippen LogP contribution in [0.2, 0.25) is 0 Å². The van der Waals surface area contributed by atoms with Crippen molar-refractivity contribution in [2.45, 2.75) is 26.2 Å². The van der Waals surface area contributed by atoms with Gasteiger partial charge < -0.3 is 10.1 Å². The van der Waals surface area contributed by atoms with Crippen LogP contribution >= 0.6 is 11.5 Å². The molecule has 1 aromatic heterocycles. The van der Waals surface area contributed by atoms with Gasteiger partial charge in [0.15, 0.2) is 5.82 Å². The summed E-state index contributed by atoms with van der Waals surface area (Å²) in [5, 5.41) is 3.30. The number of aromatic nitrogens is 2. The highest BCUT2D eigenvalue weighted by Crippen LogP contribution is 2.24. The first kappa shape index (κ1) is 19.0. The molecule has 0 atom stereocenters. The van der Waals surface area contributed by atoms with E-state index in [0.29, 0.717) is 35.3 Å². The number of ether oxygens (including phenoxy) is 1. The topological polar surface area (TPSA) is 64.1 Å². The second kappa shape index (κ2) is 9.23. The molecule has 5 nitrogen and oxygen atoms in total. The first-order valence-electron chi connectivity index (χ1n) is 8.77. The zero-order valence-corrected chi connectivity index (χ0v) is 15.8. The predicted molar refractivity (Wildman–Crippen MR) is 103 cm³/mol. The minimum atomic E-state index is -0.267. The van der Waals surface area contributed by atoms with E-state index in [4.69, 9.17) is 4.74 Å². The van der Waals surface area contributed by atoms with Crippen LogP contribution in [0.15, 0.2) is 48.5 Å². The number of carbonyl (C=O) groups is 1. The Labute approximate surface area is 161 Å². The second-order valence-electron chi connectivity index (χ2n) is 6.02. The Morgan fingerprint density at radius 2 is 1.89 bits per heavy atom. The van der Waals surface area contributed by atoms with Gasteiger partial charge >= 0.3 is 0 Å². The summed E-state index contributed by atoms with van der Waals surface area (Å²) in [7, 11) is 0. The lowest BCUT2D eigenvalue weighted by Crippen LogP contribution is -2.24. The first-order chi connectivity index (χ1) is 13.1. The Morgan fingerprint density at radius 3 is 2.59 bits per heavy atom. The third kappa shape index (κ3) is 5.59. The molecule has 7 heteroatoms. The van der Waals surface area contributed by atoms with Crippen LogP contribution < -0.4 is 10.1 Å². The summed E-state index contributed by atoms with van der Waals surface area (Å²) >= 11 is 1.15. The van der Waals surface area contributed by atoms with Crippen LogP contribution in [0.1, 0.15) is 41.5 Å². The zero-order valence-electron chi connectivity index (χ0n) is 14.9. The summed E-state index contributed by atoms with van der Waals surface area (Å²) in [5.74, 6) is 0.849. The highest BCUT2D eigenvalue weighted by atomic mass is 32.1. The number of benzene rings is 2. The monoisotopic (exact) mass is 385 g/mol. The van der Waals surface area contributed by atoms with Crippen LogP contribution in [-0.4, -0.2) is 21.8 Å². The molecule has 1 N–H and O–H groups in total. The maximum Gasteiger partial charge on any atom is 0.298 e. The lowest BCUT2D eigenvalue weighted by atomic mass is 10.1. The van der Waals surface area contributed by atoms with Crippen molar-refractivity contribution in [1.29, 1.82) is 0 Å². The van der Waals surface area contributed by atoms with Crippen molar-refractivity contribution in [3.63, 3.8) is 0 Å². The largest absolute Gasteiger partial charge is 0.430 e. The van der Waals surface area contributed by atoms with Gasteiger partial charge in [0, 0.05) is 30.1 Å². The zero-order chi connectivity index (χ0) is 19.1. The van der Waals surface area contributed by atoms with Crippen LogP contribution in [0, 0.1) is 5.82 Å². The van der Waals surface area contributed by atoms with E-state index in [2.05, 4.69) is 21.6 Å². The molecule has 3 rings (SSSR count). The lowest BCUT2D eigenvalue weighted by molar-refractivity contribution is 0.0953. The SMILES string of the molecule is CCCCNC(=O)c1ccc(Oc2nc(Cc3ccc(F)cc3)ns2)cc1. The number of halogens is 1. The summed E-state index contributed by atoms with van der Waals surface area (Å²) in [4.78, 5) is 16.3. The summed E-state index contributed by atoms with van der Waals surface area (Å²) < 4.78 is 22.9. The third-order valence-corrected chi connectivity index (χ3v) is 4.50. The number of rotatable bonds is 8. The van der Waals surface area contributed by atoms with Gasteiger partial charge in [-0.2, -0.15) is 9.36 Å². The number of amides is 1. The van der Waals surface area contributed by atoms with E-state index < -0.39 is 0 Å². The van der Waals surface area contributed by atoms with Crippen LogP contribution in [0.5, 0.6) is 10.9 Å². The Hall–Kier alpha value is -2.80. The van der Waals surface area contributed by atoms with E-state index in [1.807, 2.05) is 0 Å². The van der Waals surface area contributed by atoms with Gasteiger partial charge in [0.25, 0.3) is 11.1 Å². The van der Waals surface area contributed by atoms with E-state index >= 15 is 0 Å². The Balaban J connectivity index is 1.57. The van der Waals surface area contributed by atoms with Crippen molar-refractivity contribution in [2.75, 3.05) is 6.54 Å². The first-order valence-corrected chi connectivity index (χ1v) is 9.54. The fraction of sp³-hybridized carbons (Fsp3) is 0.250. The molecular formula is C20H20FN3O2S. The van der Waals surface area contributed by atoms with Gasteiger partial charge in [-0.15, -0.1) is 0 Å². The van der Waals surface area contributed by atoms with Gasteiger partial charge in [0.1, 0.15) is 11.6 Å². The highest BCUT2D eigenvalue weighted by molar-refractivity contribution is 7.07. The van der Waals surface area contributed by atoms with Crippen molar-refractivity contribution in [2.24, 2.45) is 0 Å². The maximum atomic E-state index is 13.0. The van der Waals surface area contributed by atoms with Crippen LogP contribution in [0.4, 0.5) is 4.39 Å². The molecular weight excluding hydrogens is 365 g/mol. The Kier molecular flexibility index (Phi) is 6.49. The van der Waals surface area contributed by atoms with Gasteiger partial charge in [-0.25, -0.2) is 4.39 Å². The molecule has 0 spiro atoms. The minimum Gasteiger partial charge on any atom is -0.430 e. The number of nitrogens with zero attached hydrogens (tertiary/aromatic N) is 2. The predicted octanol–water partition coefficient (Wildman–Crippen LogP) is 4.59. The third-order valence-electron chi connectivity index (χ3n) is 3.86. The van der Waals surface area contributed by atoms with Crippen LogP contribution in [-0.2, 0) is 6.42 Å². The smallest absolute Gasteiger partial charge is 0.298 e. The van der Waals surface area contributed by atoms with Gasteiger partial charge in [-0.05, 0) is 48.4 Å². The number of carbonyl (C=O) groups excluding carboxylic acids is 1. The van der Waals surface area contributed by atoms with Gasteiger partial charge in [0.05, 0.1) is 0 Å². The fourth-order valence-corrected chi connectivity index (χ4v) is 2.96. The van der Waals surface area contributed by atoms with Gasteiger partial charge in [-0.1, -0.05) is 25.5 Å². The molecule has 1 amide bonds. The molecule has 0 radical (unpaired) electrons. The number of nitrogens with one attached hydrogen (secondary N) is 1. The van der Waals surface area contributed by atoms with E-state index in [0.717, 1.165) is 29.9 Å². The fourth-order valence-electron chi connectivity index (χ4n) is 2.39. The van der Waals surface area contributed by atoms with E-state index in [1.165, 1.54) is 12.1 Å². The molecule has 0 fully saturated rings. The molecule has 3 aromatic rings. The summed E-state index contributed by atoms with van der Waals surface area (Å²) in [6.45, 7) is 2.76. The number of unbranched alkanes of at least 4 members (excludes halogenated alkanes) is 1. The summed E-state index contributed by atoms with van der Waals surface area (Å²) in [5.41, 5.74) is 1.52. The average molecular weight is 385 g/mol. The van der Waals surface area contributed by atoms with Crippen molar-refractivity contribution < 1.29 is 13.9 Å². The summed E-state index contributed by atoms with van der Waals surface area (Å²) in [6.07, 6.45) is 2.51. The molecule has 0 saturated heterocycles. The molecule has 0 unspecified atom stereocenters. The Bertz CT molecular complexity index is 879. The maximum absolute atomic E-state index is 13.0. The average Bonchev–Trinajstić information content (AvgIpc) is 3.11. The Morgan fingerprint density at radius 1 is 1.15 bits per heavy atom. The van der Waals surface area contributed by atoms with Crippen molar-refractivity contribution in [3.8, 4) is 10.9 Å². The van der Waals surface area contributed by atoms with Crippen molar-refractivity contribution in [1.82, 2.24) is 14.7 Å². The molecule has 1 heterocycles. The van der Waals surface area contributed by atoms with E-state index in [9.17, 15) is 9.18 Å². The van der Waals surface area contributed by atoms with Gasteiger partial charge in [-0.3, -0.25) is 4.79 Å².